The molecule has 0 bridgehead atoms. The van der Waals surface area contributed by atoms with Crippen molar-refractivity contribution < 1.29 is 9.90 Å². The minimum Gasteiger partial charge on any atom is -0.465 e. The summed E-state index contributed by atoms with van der Waals surface area (Å²) in [7, 11) is 0. The van der Waals surface area contributed by atoms with E-state index in [1.165, 1.54) is 11.2 Å². The van der Waals surface area contributed by atoms with E-state index >= 15 is 0 Å². The molecule has 134 valence electrons. The Balaban J connectivity index is 1.92. The molecular weight excluding hydrogens is 377 g/mol. The van der Waals surface area contributed by atoms with Crippen LogP contribution < -0.4 is 5.73 Å². The van der Waals surface area contributed by atoms with Gasteiger partial charge in [-0.3, -0.25) is 0 Å². The van der Waals surface area contributed by atoms with Gasteiger partial charge in [0.05, 0.1) is 11.4 Å². The number of halogens is 2. The molecular formula is C17H15Cl2N5O2. The van der Waals surface area contributed by atoms with Gasteiger partial charge in [-0.15, -0.1) is 0 Å². The number of rotatable bonds is 2. The Kier molecular flexibility index (Phi) is 4.13. The lowest BCUT2D eigenvalue weighted by molar-refractivity contribution is 0.154. The van der Waals surface area contributed by atoms with Crippen molar-refractivity contribution in [2.24, 2.45) is 0 Å². The average molecular weight is 392 g/mol. The van der Waals surface area contributed by atoms with Gasteiger partial charge in [0.25, 0.3) is 0 Å². The van der Waals surface area contributed by atoms with E-state index in [1.54, 1.807) is 12.1 Å². The van der Waals surface area contributed by atoms with Crippen LogP contribution in [0.2, 0.25) is 10.2 Å². The fourth-order valence-corrected chi connectivity index (χ4v) is 4.02. The molecule has 2 aromatic heterocycles. The summed E-state index contributed by atoms with van der Waals surface area (Å²) in [5.41, 5.74) is 8.30. The predicted octanol–water partition coefficient (Wildman–Crippen LogP) is 3.91. The molecule has 0 radical (unpaired) electrons. The topological polar surface area (TPSA) is 97.3 Å². The van der Waals surface area contributed by atoms with Crippen molar-refractivity contribution in [1.29, 1.82) is 0 Å². The number of fused-ring (bicyclic) bond motifs is 1. The van der Waals surface area contributed by atoms with Crippen molar-refractivity contribution in [3.8, 4) is 11.1 Å². The standard InChI is InChI=1S/C17H15Cl2N5O2/c18-10-3-1-9(2-4-10)12-13-15(20)21-8-22-16(13)24(14(12)19)11-5-6-23(7-11)17(25)26/h1-4,8,11H,5-7H2,(H,25,26)(H2,20,21,22). The van der Waals surface area contributed by atoms with Gasteiger partial charge in [-0.1, -0.05) is 35.3 Å². The quantitative estimate of drug-likeness (QED) is 0.689. The molecule has 26 heavy (non-hydrogen) atoms. The Labute approximate surface area is 159 Å². The number of benzene rings is 1. The van der Waals surface area contributed by atoms with Crippen LogP contribution in [0.1, 0.15) is 12.5 Å². The molecule has 3 heterocycles. The molecule has 1 atom stereocenters. The van der Waals surface area contributed by atoms with Gasteiger partial charge < -0.3 is 20.3 Å². The zero-order valence-electron chi connectivity index (χ0n) is 13.6. The van der Waals surface area contributed by atoms with E-state index in [1.807, 2.05) is 16.7 Å². The number of nitrogens with two attached hydrogens (primary N) is 1. The minimum atomic E-state index is -0.938. The zero-order valence-corrected chi connectivity index (χ0v) is 15.1. The van der Waals surface area contributed by atoms with Crippen molar-refractivity contribution in [2.75, 3.05) is 18.8 Å². The van der Waals surface area contributed by atoms with Crippen LogP contribution in [0.3, 0.4) is 0 Å². The molecule has 4 rings (SSSR count). The highest BCUT2D eigenvalue weighted by molar-refractivity contribution is 6.35. The fourth-order valence-electron chi connectivity index (χ4n) is 3.47. The van der Waals surface area contributed by atoms with Gasteiger partial charge in [-0.2, -0.15) is 0 Å². The van der Waals surface area contributed by atoms with Crippen molar-refractivity contribution in [3.05, 3.63) is 40.8 Å². The van der Waals surface area contributed by atoms with Crippen LogP contribution in [-0.4, -0.2) is 43.7 Å². The van der Waals surface area contributed by atoms with Crippen molar-refractivity contribution in [2.45, 2.75) is 12.5 Å². The normalized spacial score (nSPS) is 17.2. The maximum Gasteiger partial charge on any atom is 0.407 e. The molecule has 1 aliphatic rings. The molecule has 1 aromatic carbocycles. The van der Waals surface area contributed by atoms with Crippen molar-refractivity contribution in [1.82, 2.24) is 19.4 Å². The Bertz CT molecular complexity index is 1000. The molecule has 1 unspecified atom stereocenters. The van der Waals surface area contributed by atoms with Crippen LogP contribution in [-0.2, 0) is 0 Å². The Morgan fingerprint density at radius 1 is 1.23 bits per heavy atom. The van der Waals surface area contributed by atoms with Gasteiger partial charge in [0.1, 0.15) is 22.9 Å². The molecule has 1 fully saturated rings. The Hall–Kier alpha value is -2.51. The molecule has 3 N–H and O–H groups in total. The highest BCUT2D eigenvalue weighted by Gasteiger charge is 2.32. The van der Waals surface area contributed by atoms with Crippen LogP contribution in [0.5, 0.6) is 0 Å². The lowest BCUT2D eigenvalue weighted by Gasteiger charge is -2.16. The first-order valence-electron chi connectivity index (χ1n) is 8.01. The molecule has 1 aliphatic heterocycles. The third kappa shape index (κ3) is 2.64. The zero-order chi connectivity index (χ0) is 18.4. The Morgan fingerprint density at radius 2 is 1.96 bits per heavy atom. The minimum absolute atomic E-state index is 0.114. The third-order valence-corrected chi connectivity index (χ3v) is 5.31. The fraction of sp³-hybridized carbons (Fsp3) is 0.235. The SMILES string of the molecule is Nc1ncnc2c1c(-c1ccc(Cl)cc1)c(Cl)n2C1CCN(C(=O)O)C1. The second-order valence-corrected chi connectivity index (χ2v) is 6.97. The maximum atomic E-state index is 11.3. The maximum absolute atomic E-state index is 11.3. The van der Waals surface area contributed by atoms with Crippen LogP contribution >= 0.6 is 23.2 Å². The van der Waals surface area contributed by atoms with Gasteiger partial charge in [0.15, 0.2) is 0 Å². The first-order chi connectivity index (χ1) is 12.5. The predicted molar refractivity (Wildman–Crippen MR) is 101 cm³/mol. The number of anilines is 1. The smallest absolute Gasteiger partial charge is 0.407 e. The highest BCUT2D eigenvalue weighted by atomic mass is 35.5. The number of nitrogen functional groups attached to an aromatic ring is 1. The molecule has 9 heteroatoms. The van der Waals surface area contributed by atoms with E-state index in [2.05, 4.69) is 9.97 Å². The summed E-state index contributed by atoms with van der Waals surface area (Å²) < 4.78 is 1.86. The second kappa shape index (κ2) is 6.34. The summed E-state index contributed by atoms with van der Waals surface area (Å²) in [4.78, 5) is 21.1. The summed E-state index contributed by atoms with van der Waals surface area (Å²) >= 11 is 12.7. The molecule has 3 aromatic rings. The molecule has 7 nitrogen and oxygen atoms in total. The van der Waals surface area contributed by atoms with Gasteiger partial charge in [-0.05, 0) is 24.1 Å². The van der Waals surface area contributed by atoms with Gasteiger partial charge in [-0.25, -0.2) is 14.8 Å². The third-order valence-electron chi connectivity index (χ3n) is 4.68. The average Bonchev–Trinajstić information content (AvgIpc) is 3.19. The molecule has 0 aliphatic carbocycles. The van der Waals surface area contributed by atoms with E-state index in [0.29, 0.717) is 46.5 Å². The number of aromatic nitrogens is 3. The van der Waals surface area contributed by atoms with Gasteiger partial charge in [0.2, 0.25) is 0 Å². The first kappa shape index (κ1) is 16.9. The van der Waals surface area contributed by atoms with Gasteiger partial charge >= 0.3 is 6.09 Å². The molecule has 1 amide bonds. The number of hydrogen-bond acceptors (Lipinski definition) is 4. The number of amides is 1. The van der Waals surface area contributed by atoms with Crippen LogP contribution in [0.4, 0.5) is 10.6 Å². The summed E-state index contributed by atoms with van der Waals surface area (Å²) in [6.45, 7) is 0.801. The lowest BCUT2D eigenvalue weighted by Crippen LogP contribution is -2.27. The van der Waals surface area contributed by atoms with E-state index in [4.69, 9.17) is 28.9 Å². The number of likely N-dealkylation sites (tertiary alicyclic amines) is 1. The molecule has 0 saturated carbocycles. The van der Waals surface area contributed by atoms with E-state index in [9.17, 15) is 9.90 Å². The van der Waals surface area contributed by atoms with Crippen LogP contribution in [0.25, 0.3) is 22.2 Å². The first-order valence-corrected chi connectivity index (χ1v) is 8.76. The monoisotopic (exact) mass is 391 g/mol. The van der Waals surface area contributed by atoms with Crippen molar-refractivity contribution >= 4 is 46.1 Å². The summed E-state index contributed by atoms with van der Waals surface area (Å²) in [5.74, 6) is 0.327. The number of hydrogen-bond donors (Lipinski definition) is 2. The van der Waals surface area contributed by atoms with E-state index < -0.39 is 6.09 Å². The lowest BCUT2D eigenvalue weighted by atomic mass is 10.1. The van der Waals surface area contributed by atoms with Gasteiger partial charge in [0, 0.05) is 23.7 Å². The Morgan fingerprint density at radius 3 is 2.62 bits per heavy atom. The number of nitrogens with zero attached hydrogens (tertiary/aromatic N) is 4. The summed E-state index contributed by atoms with van der Waals surface area (Å²) in [5, 5.41) is 11.0. The molecule has 0 spiro atoms. The second-order valence-electron chi connectivity index (χ2n) is 6.17. The summed E-state index contributed by atoms with van der Waals surface area (Å²) in [6.07, 6.45) is 1.10. The largest absolute Gasteiger partial charge is 0.465 e. The van der Waals surface area contributed by atoms with Crippen LogP contribution in [0.15, 0.2) is 30.6 Å². The number of carboxylic acid groups (broad SMARTS) is 1. The van der Waals surface area contributed by atoms with E-state index in [-0.39, 0.29) is 6.04 Å². The van der Waals surface area contributed by atoms with Crippen molar-refractivity contribution in [3.63, 3.8) is 0 Å². The van der Waals surface area contributed by atoms with E-state index in [0.717, 1.165) is 11.1 Å². The van der Waals surface area contributed by atoms with Crippen LogP contribution in [0, 0.1) is 0 Å². The number of carbonyl (C=O) groups is 1. The highest BCUT2D eigenvalue weighted by Crippen LogP contribution is 2.42. The molecule has 1 saturated heterocycles. The summed E-state index contributed by atoms with van der Waals surface area (Å²) in [6, 6.07) is 7.16.